The molecule has 7 atom stereocenters. The van der Waals surface area contributed by atoms with Crippen molar-refractivity contribution in [2.75, 3.05) is 0 Å². The molecule has 0 saturated heterocycles. The molecule has 0 heterocycles. The predicted molar refractivity (Wildman–Crippen MR) is 182 cm³/mol. The third-order valence-electron chi connectivity index (χ3n) is 7.81. The van der Waals surface area contributed by atoms with Crippen LogP contribution in [0.2, 0.25) is 0 Å². The summed E-state index contributed by atoms with van der Waals surface area (Å²) in [5, 5.41) is 40.5. The summed E-state index contributed by atoms with van der Waals surface area (Å²) >= 11 is 0. The lowest BCUT2D eigenvalue weighted by atomic mass is 9.97. The summed E-state index contributed by atoms with van der Waals surface area (Å²) in [5.41, 5.74) is 5.81. The molecule has 0 aliphatic rings. The van der Waals surface area contributed by atoms with E-state index in [1.165, 1.54) is 0 Å². The van der Waals surface area contributed by atoms with Crippen LogP contribution in [0.25, 0.3) is 0 Å². The molecule has 0 aromatic rings. The molecule has 5 amide bonds. The molecule has 286 valence electrons. The molecule has 0 bridgehead atoms. The van der Waals surface area contributed by atoms with Crippen LogP contribution in [0, 0.1) is 23.7 Å². The number of carboxylic acids is 3. The van der Waals surface area contributed by atoms with Crippen molar-refractivity contribution in [3.63, 3.8) is 0 Å². The van der Waals surface area contributed by atoms with Gasteiger partial charge in [0.25, 0.3) is 0 Å². The molecule has 0 aliphatic carbocycles. The number of hydrogen-bond acceptors (Lipinski definition) is 9. The summed E-state index contributed by atoms with van der Waals surface area (Å²) in [7, 11) is 0. The number of amides is 5. The van der Waals surface area contributed by atoms with Crippen LogP contribution < -0.4 is 32.3 Å². The van der Waals surface area contributed by atoms with Gasteiger partial charge in [0.15, 0.2) is 0 Å². The molecule has 0 spiro atoms. The molecular weight excluding hydrogens is 656 g/mol. The molecule has 0 aliphatic heterocycles. The van der Waals surface area contributed by atoms with Crippen molar-refractivity contribution in [2.24, 2.45) is 29.4 Å². The quantitative estimate of drug-likeness (QED) is 0.0655. The third kappa shape index (κ3) is 17.9. The van der Waals surface area contributed by atoms with Crippen molar-refractivity contribution in [2.45, 2.75) is 137 Å². The summed E-state index contributed by atoms with van der Waals surface area (Å²) in [6.45, 7) is 14.1. The Labute approximate surface area is 293 Å². The van der Waals surface area contributed by atoms with E-state index >= 15 is 0 Å². The highest BCUT2D eigenvalue weighted by molar-refractivity contribution is 5.97. The van der Waals surface area contributed by atoms with Gasteiger partial charge in [-0.3, -0.25) is 33.6 Å². The van der Waals surface area contributed by atoms with Crippen molar-refractivity contribution >= 4 is 47.4 Å². The first-order valence-electron chi connectivity index (χ1n) is 17.0. The number of nitrogens with one attached hydrogen (secondary N) is 5. The molecule has 0 aromatic heterocycles. The van der Waals surface area contributed by atoms with E-state index in [1.54, 1.807) is 55.4 Å². The maximum absolute atomic E-state index is 13.6. The average molecular weight is 715 g/mol. The molecule has 17 nitrogen and oxygen atoms in total. The number of carboxylic acid groups (broad SMARTS) is 3. The van der Waals surface area contributed by atoms with E-state index in [1.807, 2.05) is 0 Å². The fourth-order valence-electron chi connectivity index (χ4n) is 4.94. The number of carbonyl (C=O) groups excluding carboxylic acids is 5. The highest BCUT2D eigenvalue weighted by Gasteiger charge is 2.35. The van der Waals surface area contributed by atoms with Crippen LogP contribution >= 0.6 is 0 Å². The van der Waals surface area contributed by atoms with Gasteiger partial charge in [-0.05, 0) is 49.4 Å². The smallest absolute Gasteiger partial charge is 0.326 e. The monoisotopic (exact) mass is 714 g/mol. The Hall–Kier alpha value is -4.28. The molecule has 0 fully saturated rings. The van der Waals surface area contributed by atoms with Gasteiger partial charge < -0.3 is 47.6 Å². The number of aliphatic carboxylic acids is 3. The Balaban J connectivity index is 6.16. The molecular formula is C33H58N6O11. The predicted octanol–water partition coefficient (Wildman–Crippen LogP) is 0.346. The standard InChI is InChI=1S/C33H58N6O11/c1-9-19(8)27(33(49)50)39-32(48)23(14-18(6)7)37-31(47)24(15-26(42)43)38-30(46)22(13-17(4)5)36-29(45)21(12-16(2)3)35-28(44)20(34)10-11-25(40)41/h16-24,27H,9-15,34H2,1-8H3,(H,35,44)(H,36,45)(H,37,47)(H,38,46)(H,39,48)(H,40,41)(H,42,43)(H,49,50)/t19-,20-,21-,22-,23-,24-,27-/m0/s1. The van der Waals surface area contributed by atoms with Crippen molar-refractivity contribution in [3.05, 3.63) is 0 Å². The minimum atomic E-state index is -1.68. The lowest BCUT2D eigenvalue weighted by Crippen LogP contribution is -2.60. The van der Waals surface area contributed by atoms with Gasteiger partial charge in [-0.2, -0.15) is 0 Å². The van der Waals surface area contributed by atoms with Gasteiger partial charge in [0.05, 0.1) is 12.5 Å². The van der Waals surface area contributed by atoms with Crippen LogP contribution in [-0.2, 0) is 38.4 Å². The highest BCUT2D eigenvalue weighted by Crippen LogP contribution is 2.13. The zero-order valence-corrected chi connectivity index (χ0v) is 30.4. The van der Waals surface area contributed by atoms with Gasteiger partial charge in [-0.1, -0.05) is 61.8 Å². The van der Waals surface area contributed by atoms with Crippen LogP contribution in [0.4, 0.5) is 0 Å². The van der Waals surface area contributed by atoms with Crippen LogP contribution in [-0.4, -0.2) is 99.0 Å². The van der Waals surface area contributed by atoms with Gasteiger partial charge in [0.1, 0.15) is 30.2 Å². The average Bonchev–Trinajstić information content (AvgIpc) is 2.99. The van der Waals surface area contributed by atoms with E-state index in [2.05, 4.69) is 26.6 Å². The lowest BCUT2D eigenvalue weighted by molar-refractivity contribution is -0.144. The molecule has 0 aromatic carbocycles. The molecule has 0 radical (unpaired) electrons. The molecule has 17 heteroatoms. The van der Waals surface area contributed by atoms with Crippen LogP contribution in [0.3, 0.4) is 0 Å². The summed E-state index contributed by atoms with van der Waals surface area (Å²) in [5.74, 6) is -8.89. The van der Waals surface area contributed by atoms with Gasteiger partial charge in [-0.25, -0.2) is 4.79 Å². The molecule has 0 saturated carbocycles. The van der Waals surface area contributed by atoms with E-state index in [9.17, 15) is 48.6 Å². The summed E-state index contributed by atoms with van der Waals surface area (Å²) in [4.78, 5) is 101. The molecule has 0 unspecified atom stereocenters. The van der Waals surface area contributed by atoms with Crippen LogP contribution in [0.1, 0.15) is 100 Å². The van der Waals surface area contributed by atoms with Crippen molar-refractivity contribution in [3.8, 4) is 0 Å². The molecule has 10 N–H and O–H groups in total. The van der Waals surface area contributed by atoms with Crippen molar-refractivity contribution < 1.29 is 53.7 Å². The van der Waals surface area contributed by atoms with E-state index in [0.29, 0.717) is 6.42 Å². The number of hydrogen-bond donors (Lipinski definition) is 9. The second-order valence-corrected chi connectivity index (χ2v) is 14.0. The Kier molecular flexibility index (Phi) is 20.5. The maximum Gasteiger partial charge on any atom is 0.326 e. The Bertz CT molecular complexity index is 1190. The normalized spacial score (nSPS) is 15.5. The SMILES string of the molecule is CC[C@H](C)[C@H](NC(=O)[C@H](CC(C)C)NC(=O)[C@H](CC(=O)O)NC(=O)[C@H](CC(C)C)NC(=O)[C@H](CC(C)C)NC(=O)[C@@H](N)CCC(=O)O)C(=O)O. The van der Waals surface area contributed by atoms with Gasteiger partial charge >= 0.3 is 17.9 Å². The second-order valence-electron chi connectivity index (χ2n) is 14.0. The minimum absolute atomic E-state index is 0.0595. The Morgan fingerprint density at radius 3 is 1.24 bits per heavy atom. The fraction of sp³-hybridized carbons (Fsp3) is 0.758. The fourth-order valence-corrected chi connectivity index (χ4v) is 4.94. The summed E-state index contributed by atoms with van der Waals surface area (Å²) < 4.78 is 0. The van der Waals surface area contributed by atoms with Crippen molar-refractivity contribution in [1.82, 2.24) is 26.6 Å². The lowest BCUT2D eigenvalue weighted by Gasteiger charge is -2.28. The molecule has 50 heavy (non-hydrogen) atoms. The van der Waals surface area contributed by atoms with E-state index in [0.717, 1.165) is 0 Å². The first-order valence-corrected chi connectivity index (χ1v) is 17.0. The zero-order valence-electron chi connectivity index (χ0n) is 30.4. The van der Waals surface area contributed by atoms with Gasteiger partial charge in [0.2, 0.25) is 29.5 Å². The van der Waals surface area contributed by atoms with E-state index < -0.39 is 96.0 Å². The van der Waals surface area contributed by atoms with Gasteiger partial charge in [0, 0.05) is 6.42 Å². The summed E-state index contributed by atoms with van der Waals surface area (Å²) in [6, 6.07) is -7.81. The van der Waals surface area contributed by atoms with Gasteiger partial charge in [-0.15, -0.1) is 0 Å². The van der Waals surface area contributed by atoms with Crippen LogP contribution in [0.15, 0.2) is 0 Å². The van der Waals surface area contributed by atoms with E-state index in [4.69, 9.17) is 10.8 Å². The Morgan fingerprint density at radius 1 is 0.540 bits per heavy atom. The van der Waals surface area contributed by atoms with Crippen LogP contribution in [0.5, 0.6) is 0 Å². The number of nitrogens with two attached hydrogens (primary N) is 1. The molecule has 0 rings (SSSR count). The largest absolute Gasteiger partial charge is 0.481 e. The zero-order chi connectivity index (χ0) is 38.9. The van der Waals surface area contributed by atoms with Crippen molar-refractivity contribution in [1.29, 1.82) is 0 Å². The second kappa shape index (κ2) is 22.4. The first-order chi connectivity index (χ1) is 23.1. The van der Waals surface area contributed by atoms with E-state index in [-0.39, 0.29) is 49.9 Å². The summed E-state index contributed by atoms with van der Waals surface area (Å²) in [6.07, 6.45) is -0.675. The highest BCUT2D eigenvalue weighted by atomic mass is 16.4. The topological polar surface area (TPSA) is 283 Å². The minimum Gasteiger partial charge on any atom is -0.481 e. The third-order valence-corrected chi connectivity index (χ3v) is 7.81. The Morgan fingerprint density at radius 2 is 0.900 bits per heavy atom. The maximum atomic E-state index is 13.6. The first kappa shape index (κ1) is 45.7. The number of rotatable bonds is 24. The number of carbonyl (C=O) groups is 8.